The van der Waals surface area contributed by atoms with Crippen LogP contribution in [-0.4, -0.2) is 40.5 Å². The summed E-state index contributed by atoms with van der Waals surface area (Å²) < 4.78 is 0. The quantitative estimate of drug-likeness (QED) is 0.735. The van der Waals surface area contributed by atoms with Crippen LogP contribution in [0, 0.1) is 17.2 Å². The van der Waals surface area contributed by atoms with Crippen LogP contribution in [0.25, 0.3) is 11.0 Å². The number of carbonyl (C=O) groups is 1. The minimum absolute atomic E-state index is 0.0823. The number of nitrogens with one attached hydrogen (secondary N) is 2. The van der Waals surface area contributed by atoms with Crippen molar-refractivity contribution in [3.63, 3.8) is 0 Å². The lowest BCUT2D eigenvalue weighted by Crippen LogP contribution is -2.32. The monoisotopic (exact) mass is 328 g/mol. The van der Waals surface area contributed by atoms with Crippen molar-refractivity contribution in [3.8, 4) is 6.07 Å². The molecule has 0 unspecified atom stereocenters. The van der Waals surface area contributed by atoms with E-state index in [9.17, 15) is 4.79 Å². The summed E-state index contributed by atoms with van der Waals surface area (Å²) >= 11 is 0. The molecule has 0 bridgehead atoms. The number of aromatic nitrogens is 3. The van der Waals surface area contributed by atoms with Gasteiger partial charge in [-0.1, -0.05) is 13.8 Å². The Labute approximate surface area is 142 Å². The topological polar surface area (TPSA) is 97.7 Å². The van der Waals surface area contributed by atoms with Crippen molar-refractivity contribution >= 4 is 22.8 Å². The SMILES string of the molecule is CCCN(CC[C@@H](C)CNC(=O)CC#N)c1ncnc2[nH]ccc12. The van der Waals surface area contributed by atoms with E-state index < -0.39 is 0 Å². The molecular weight excluding hydrogens is 304 g/mol. The van der Waals surface area contributed by atoms with Gasteiger partial charge in [-0.05, 0) is 24.8 Å². The van der Waals surface area contributed by atoms with Crippen LogP contribution < -0.4 is 10.2 Å². The van der Waals surface area contributed by atoms with E-state index in [2.05, 4.69) is 39.0 Å². The molecule has 7 heteroatoms. The molecule has 0 saturated carbocycles. The maximum absolute atomic E-state index is 11.4. The van der Waals surface area contributed by atoms with Gasteiger partial charge in [0.05, 0.1) is 11.5 Å². The number of nitriles is 1. The molecule has 7 nitrogen and oxygen atoms in total. The number of hydrogen-bond donors (Lipinski definition) is 2. The van der Waals surface area contributed by atoms with Crippen LogP contribution in [0.2, 0.25) is 0 Å². The van der Waals surface area contributed by atoms with E-state index in [0.29, 0.717) is 12.5 Å². The van der Waals surface area contributed by atoms with Crippen molar-refractivity contribution < 1.29 is 4.79 Å². The molecule has 2 aromatic heterocycles. The smallest absolute Gasteiger partial charge is 0.234 e. The van der Waals surface area contributed by atoms with Crippen molar-refractivity contribution in [2.45, 2.75) is 33.1 Å². The summed E-state index contributed by atoms with van der Waals surface area (Å²) in [5.74, 6) is 1.07. The third-order valence-corrected chi connectivity index (χ3v) is 3.91. The maximum Gasteiger partial charge on any atom is 0.234 e. The second-order valence-corrected chi connectivity index (χ2v) is 5.96. The number of carbonyl (C=O) groups excluding carboxylic acids is 1. The first-order chi connectivity index (χ1) is 11.7. The number of amides is 1. The third kappa shape index (κ3) is 4.69. The minimum atomic E-state index is -0.209. The van der Waals surface area contributed by atoms with Crippen molar-refractivity contribution in [1.82, 2.24) is 20.3 Å². The van der Waals surface area contributed by atoms with E-state index in [1.54, 1.807) is 6.33 Å². The molecule has 2 N–H and O–H groups in total. The van der Waals surface area contributed by atoms with Crippen molar-refractivity contribution in [2.24, 2.45) is 5.92 Å². The molecule has 2 heterocycles. The van der Waals surface area contributed by atoms with Crippen molar-refractivity contribution in [1.29, 1.82) is 5.26 Å². The molecule has 0 aliphatic heterocycles. The van der Waals surface area contributed by atoms with Crippen molar-refractivity contribution in [2.75, 3.05) is 24.5 Å². The Morgan fingerprint density at radius 3 is 3.04 bits per heavy atom. The van der Waals surface area contributed by atoms with Gasteiger partial charge in [-0.25, -0.2) is 9.97 Å². The molecule has 0 aliphatic carbocycles. The Kier molecular flexibility index (Phi) is 6.55. The maximum atomic E-state index is 11.4. The highest BCUT2D eigenvalue weighted by molar-refractivity contribution is 5.87. The number of hydrogen-bond acceptors (Lipinski definition) is 5. The van der Waals surface area contributed by atoms with Gasteiger partial charge >= 0.3 is 0 Å². The first-order valence-corrected chi connectivity index (χ1v) is 8.32. The Hall–Kier alpha value is -2.62. The fourth-order valence-corrected chi connectivity index (χ4v) is 2.60. The highest BCUT2D eigenvalue weighted by Gasteiger charge is 2.14. The molecule has 1 atom stereocenters. The number of rotatable bonds is 9. The van der Waals surface area contributed by atoms with E-state index in [0.717, 1.165) is 42.8 Å². The summed E-state index contributed by atoms with van der Waals surface area (Å²) in [6.45, 7) is 6.62. The lowest BCUT2D eigenvalue weighted by molar-refractivity contribution is -0.120. The molecule has 0 aliphatic rings. The number of fused-ring (bicyclic) bond motifs is 1. The highest BCUT2D eigenvalue weighted by Crippen LogP contribution is 2.22. The first-order valence-electron chi connectivity index (χ1n) is 8.32. The highest BCUT2D eigenvalue weighted by atomic mass is 16.1. The van der Waals surface area contributed by atoms with E-state index >= 15 is 0 Å². The molecule has 2 aromatic rings. The Morgan fingerprint density at radius 2 is 2.29 bits per heavy atom. The second kappa shape index (κ2) is 8.87. The Balaban J connectivity index is 1.95. The Morgan fingerprint density at radius 1 is 1.46 bits per heavy atom. The third-order valence-electron chi connectivity index (χ3n) is 3.91. The minimum Gasteiger partial charge on any atom is -0.356 e. The molecule has 24 heavy (non-hydrogen) atoms. The van der Waals surface area contributed by atoms with Crippen LogP contribution in [0.4, 0.5) is 5.82 Å². The van der Waals surface area contributed by atoms with Crippen LogP contribution in [0.5, 0.6) is 0 Å². The number of H-pyrrole nitrogens is 1. The van der Waals surface area contributed by atoms with Gasteiger partial charge in [0.1, 0.15) is 24.2 Å². The molecule has 0 saturated heterocycles. The molecule has 0 fully saturated rings. The van der Waals surface area contributed by atoms with Gasteiger partial charge in [0, 0.05) is 25.8 Å². The van der Waals surface area contributed by atoms with Gasteiger partial charge in [0.15, 0.2) is 0 Å². The zero-order valence-electron chi connectivity index (χ0n) is 14.2. The standard InChI is InChI=1S/C17H24N6O/c1-3-9-23(10-6-13(2)11-20-15(24)4-7-18)17-14-5-8-19-16(14)21-12-22-17/h5,8,12-13H,3-4,6,9-11H2,1-2H3,(H,20,24)(H,19,21,22)/t13-/m1/s1. The van der Waals surface area contributed by atoms with Crippen LogP contribution in [0.3, 0.4) is 0 Å². The largest absolute Gasteiger partial charge is 0.356 e. The van der Waals surface area contributed by atoms with Crippen LogP contribution in [-0.2, 0) is 4.79 Å². The molecule has 0 spiro atoms. The fourth-order valence-electron chi connectivity index (χ4n) is 2.60. The molecule has 2 rings (SSSR count). The fraction of sp³-hybridized carbons (Fsp3) is 0.529. The average Bonchev–Trinajstić information content (AvgIpc) is 3.05. The summed E-state index contributed by atoms with van der Waals surface area (Å²) in [4.78, 5) is 25.4. The molecule has 128 valence electrons. The average molecular weight is 328 g/mol. The Bertz CT molecular complexity index is 704. The van der Waals surface area contributed by atoms with E-state index in [-0.39, 0.29) is 12.3 Å². The van der Waals surface area contributed by atoms with Gasteiger partial charge < -0.3 is 15.2 Å². The van der Waals surface area contributed by atoms with E-state index in [4.69, 9.17) is 5.26 Å². The molecule has 1 amide bonds. The molecule has 0 aromatic carbocycles. The zero-order valence-corrected chi connectivity index (χ0v) is 14.2. The predicted molar refractivity (Wildman–Crippen MR) is 93.4 cm³/mol. The van der Waals surface area contributed by atoms with Gasteiger partial charge in [-0.15, -0.1) is 0 Å². The summed E-state index contributed by atoms with van der Waals surface area (Å²) in [5.41, 5.74) is 0.845. The lowest BCUT2D eigenvalue weighted by Gasteiger charge is -2.25. The van der Waals surface area contributed by atoms with Gasteiger partial charge in [-0.3, -0.25) is 4.79 Å². The summed E-state index contributed by atoms with van der Waals surface area (Å²) in [6.07, 6.45) is 5.34. The van der Waals surface area contributed by atoms with Crippen molar-refractivity contribution in [3.05, 3.63) is 18.6 Å². The first kappa shape index (κ1) is 17.7. The molecular formula is C17H24N6O. The summed E-state index contributed by atoms with van der Waals surface area (Å²) in [7, 11) is 0. The van der Waals surface area contributed by atoms with Gasteiger partial charge in [0.2, 0.25) is 5.91 Å². The molecule has 0 radical (unpaired) electrons. The number of anilines is 1. The summed E-state index contributed by atoms with van der Waals surface area (Å²) in [5, 5.41) is 12.3. The summed E-state index contributed by atoms with van der Waals surface area (Å²) in [6, 6.07) is 3.86. The van der Waals surface area contributed by atoms with Crippen LogP contribution in [0.15, 0.2) is 18.6 Å². The second-order valence-electron chi connectivity index (χ2n) is 5.96. The van der Waals surface area contributed by atoms with E-state index in [1.165, 1.54) is 0 Å². The van der Waals surface area contributed by atoms with Gasteiger partial charge in [-0.2, -0.15) is 5.26 Å². The van der Waals surface area contributed by atoms with Gasteiger partial charge in [0.25, 0.3) is 0 Å². The lowest BCUT2D eigenvalue weighted by atomic mass is 10.1. The van der Waals surface area contributed by atoms with Crippen LogP contribution >= 0.6 is 0 Å². The zero-order chi connectivity index (χ0) is 17.4. The normalized spacial score (nSPS) is 11.9. The predicted octanol–water partition coefficient (Wildman–Crippen LogP) is 2.23. The number of aromatic amines is 1. The van der Waals surface area contributed by atoms with E-state index in [1.807, 2.05) is 18.3 Å². The van der Waals surface area contributed by atoms with Crippen LogP contribution in [0.1, 0.15) is 33.1 Å². The number of nitrogens with zero attached hydrogens (tertiary/aromatic N) is 4.